The van der Waals surface area contributed by atoms with E-state index in [0.717, 1.165) is 11.3 Å². The molecule has 0 fully saturated rings. The van der Waals surface area contributed by atoms with Gasteiger partial charge in [-0.2, -0.15) is 0 Å². The van der Waals surface area contributed by atoms with Crippen LogP contribution in [0.3, 0.4) is 0 Å². The molecule has 17 heavy (non-hydrogen) atoms. The van der Waals surface area contributed by atoms with Crippen LogP contribution in [0, 0.1) is 5.82 Å². The van der Waals surface area contributed by atoms with Gasteiger partial charge >= 0.3 is 0 Å². The molecule has 0 radical (unpaired) electrons. The fourth-order valence-corrected chi connectivity index (χ4v) is 2.05. The highest BCUT2D eigenvalue weighted by Gasteiger charge is 2.08. The van der Waals surface area contributed by atoms with Gasteiger partial charge in [-0.1, -0.05) is 23.7 Å². The first-order valence-electron chi connectivity index (χ1n) is 5.13. The molecule has 3 aromatic rings. The maximum atomic E-state index is 13.2. The van der Waals surface area contributed by atoms with Crippen molar-refractivity contribution in [1.29, 1.82) is 0 Å². The average molecular weight is 247 g/mol. The summed E-state index contributed by atoms with van der Waals surface area (Å²) in [5.41, 5.74) is 2.27. The topological polar surface area (TPSA) is 17.3 Å². The second kappa shape index (κ2) is 3.86. The van der Waals surface area contributed by atoms with Crippen molar-refractivity contribution in [2.45, 2.75) is 0 Å². The predicted octanol–water partition coefficient (Wildman–Crippen LogP) is 3.79. The van der Waals surface area contributed by atoms with E-state index in [-0.39, 0.29) is 5.82 Å². The smallest absolute Gasteiger partial charge is 0.156 e. The van der Waals surface area contributed by atoms with Crippen LogP contribution in [0.5, 0.6) is 0 Å². The molecule has 0 aliphatic carbocycles. The monoisotopic (exact) mass is 246 g/mol. The highest BCUT2D eigenvalue weighted by molar-refractivity contribution is 6.33. The Bertz CT molecular complexity index is 691. The third kappa shape index (κ3) is 1.68. The number of hydrogen-bond acceptors (Lipinski definition) is 1. The number of nitrogens with zero attached hydrogens (tertiary/aromatic N) is 2. The number of pyridine rings is 1. The Morgan fingerprint density at radius 3 is 2.88 bits per heavy atom. The molecule has 0 N–H and O–H groups in total. The van der Waals surface area contributed by atoms with E-state index in [0.29, 0.717) is 10.7 Å². The largest absolute Gasteiger partial charge is 0.298 e. The maximum absolute atomic E-state index is 13.2. The molecule has 2 heterocycles. The predicted molar refractivity (Wildman–Crippen MR) is 65.6 cm³/mol. The summed E-state index contributed by atoms with van der Waals surface area (Å²) in [6.07, 6.45) is 3.55. The third-order valence-electron chi connectivity index (χ3n) is 2.61. The van der Waals surface area contributed by atoms with Crippen molar-refractivity contribution in [2.75, 3.05) is 0 Å². The zero-order valence-electron chi connectivity index (χ0n) is 8.77. The summed E-state index contributed by atoms with van der Waals surface area (Å²) in [6.45, 7) is 0. The van der Waals surface area contributed by atoms with Gasteiger partial charge < -0.3 is 0 Å². The average Bonchev–Trinajstić information content (AvgIpc) is 2.74. The summed E-state index contributed by atoms with van der Waals surface area (Å²) < 4.78 is 15.0. The van der Waals surface area contributed by atoms with Crippen LogP contribution in [-0.4, -0.2) is 9.38 Å². The molecule has 1 aromatic carbocycles. The van der Waals surface area contributed by atoms with Gasteiger partial charge in [-0.15, -0.1) is 0 Å². The number of hydrogen-bond donors (Lipinski definition) is 0. The maximum Gasteiger partial charge on any atom is 0.156 e. The van der Waals surface area contributed by atoms with E-state index in [9.17, 15) is 4.39 Å². The Balaban J connectivity index is 2.28. The van der Waals surface area contributed by atoms with Crippen LogP contribution in [0.15, 0.2) is 48.8 Å². The van der Waals surface area contributed by atoms with Crippen molar-refractivity contribution in [3.63, 3.8) is 0 Å². The van der Waals surface area contributed by atoms with Crippen LogP contribution in [0.2, 0.25) is 5.02 Å². The Hall–Kier alpha value is -1.87. The van der Waals surface area contributed by atoms with Gasteiger partial charge in [0.1, 0.15) is 5.82 Å². The molecule has 0 bridgehead atoms. The molecular formula is C13H8ClFN2. The number of fused-ring (bicyclic) bond motifs is 1. The molecule has 0 unspecified atom stereocenters. The Labute approximate surface area is 102 Å². The number of imidazole rings is 1. The summed E-state index contributed by atoms with van der Waals surface area (Å²) in [6, 6.07) is 10.0. The Morgan fingerprint density at radius 1 is 1.18 bits per heavy atom. The fraction of sp³-hybridized carbons (Fsp3) is 0. The van der Waals surface area contributed by atoms with E-state index >= 15 is 0 Å². The van der Waals surface area contributed by atoms with Gasteiger partial charge in [0.05, 0.1) is 16.9 Å². The summed E-state index contributed by atoms with van der Waals surface area (Å²) in [5, 5.41) is 0.579. The normalized spacial score (nSPS) is 10.9. The quantitative estimate of drug-likeness (QED) is 0.639. The van der Waals surface area contributed by atoms with Crippen LogP contribution in [0.25, 0.3) is 16.9 Å². The molecule has 2 nitrogen and oxygen atoms in total. The highest BCUT2D eigenvalue weighted by Crippen LogP contribution is 2.24. The van der Waals surface area contributed by atoms with Gasteiger partial charge in [-0.25, -0.2) is 9.37 Å². The lowest BCUT2D eigenvalue weighted by Crippen LogP contribution is -1.88. The van der Waals surface area contributed by atoms with E-state index < -0.39 is 0 Å². The van der Waals surface area contributed by atoms with Gasteiger partial charge in [0.2, 0.25) is 0 Å². The number of rotatable bonds is 1. The van der Waals surface area contributed by atoms with E-state index in [4.69, 9.17) is 11.6 Å². The van der Waals surface area contributed by atoms with Crippen LogP contribution < -0.4 is 0 Å². The molecule has 0 saturated heterocycles. The zero-order valence-corrected chi connectivity index (χ0v) is 9.53. The van der Waals surface area contributed by atoms with E-state index in [1.807, 2.05) is 22.7 Å². The fourth-order valence-electron chi connectivity index (χ4n) is 1.84. The molecule has 0 aliphatic rings. The number of benzene rings is 1. The molecule has 2 aromatic heterocycles. The SMILES string of the molecule is Fc1cccc(-c2cnc3c(Cl)cccn23)c1. The highest BCUT2D eigenvalue weighted by atomic mass is 35.5. The van der Waals surface area contributed by atoms with Crippen molar-refractivity contribution in [2.24, 2.45) is 0 Å². The minimum absolute atomic E-state index is 0.264. The standard InChI is InChI=1S/C13H8ClFN2/c14-11-5-2-6-17-12(8-16-13(11)17)9-3-1-4-10(15)7-9/h1-8H. The molecule has 3 rings (SSSR count). The molecule has 0 amide bonds. The van der Waals surface area contributed by atoms with Crippen molar-refractivity contribution in [1.82, 2.24) is 9.38 Å². The van der Waals surface area contributed by atoms with Crippen LogP contribution in [0.4, 0.5) is 4.39 Å². The summed E-state index contributed by atoms with van der Waals surface area (Å²) in [5.74, 6) is -0.264. The lowest BCUT2D eigenvalue weighted by atomic mass is 10.1. The number of halogens is 2. The third-order valence-corrected chi connectivity index (χ3v) is 2.90. The van der Waals surface area contributed by atoms with Crippen LogP contribution in [0.1, 0.15) is 0 Å². The lowest BCUT2D eigenvalue weighted by molar-refractivity contribution is 0.628. The Morgan fingerprint density at radius 2 is 2.06 bits per heavy atom. The first kappa shape index (κ1) is 10.3. The molecule has 0 saturated carbocycles. The van der Waals surface area contributed by atoms with Crippen molar-refractivity contribution in [3.8, 4) is 11.3 Å². The van der Waals surface area contributed by atoms with Crippen molar-refractivity contribution >= 4 is 17.2 Å². The van der Waals surface area contributed by atoms with Gasteiger partial charge in [-0.3, -0.25) is 4.40 Å². The van der Waals surface area contributed by atoms with Crippen LogP contribution >= 0.6 is 11.6 Å². The first-order valence-corrected chi connectivity index (χ1v) is 5.51. The molecule has 0 atom stereocenters. The second-order valence-electron chi connectivity index (χ2n) is 3.70. The van der Waals surface area contributed by atoms with Gasteiger partial charge in [0.25, 0.3) is 0 Å². The molecular weight excluding hydrogens is 239 g/mol. The van der Waals surface area contributed by atoms with Gasteiger partial charge in [-0.05, 0) is 24.3 Å². The van der Waals surface area contributed by atoms with Crippen LogP contribution in [-0.2, 0) is 0 Å². The lowest BCUT2D eigenvalue weighted by Gasteiger charge is -2.02. The van der Waals surface area contributed by atoms with Crippen molar-refractivity contribution in [3.05, 3.63) is 59.6 Å². The number of aromatic nitrogens is 2. The summed E-state index contributed by atoms with van der Waals surface area (Å²) in [4.78, 5) is 4.23. The molecule has 4 heteroatoms. The molecule has 0 aliphatic heterocycles. The minimum Gasteiger partial charge on any atom is -0.298 e. The summed E-state index contributed by atoms with van der Waals surface area (Å²) in [7, 11) is 0. The van der Waals surface area contributed by atoms with E-state index in [1.165, 1.54) is 12.1 Å². The van der Waals surface area contributed by atoms with E-state index in [2.05, 4.69) is 4.98 Å². The van der Waals surface area contributed by atoms with Crippen molar-refractivity contribution < 1.29 is 4.39 Å². The molecule has 84 valence electrons. The molecule has 0 spiro atoms. The van der Waals surface area contributed by atoms with Gasteiger partial charge in [0.15, 0.2) is 5.65 Å². The second-order valence-corrected chi connectivity index (χ2v) is 4.11. The Kier molecular flexibility index (Phi) is 2.34. The van der Waals surface area contributed by atoms with E-state index in [1.54, 1.807) is 18.3 Å². The zero-order chi connectivity index (χ0) is 11.8. The van der Waals surface area contributed by atoms with Gasteiger partial charge in [0, 0.05) is 11.8 Å². The summed E-state index contributed by atoms with van der Waals surface area (Å²) >= 11 is 6.03. The minimum atomic E-state index is -0.264. The first-order chi connectivity index (χ1) is 8.25.